The number of benzene rings is 1. The van der Waals surface area contributed by atoms with Crippen molar-refractivity contribution in [2.24, 2.45) is 5.92 Å². The predicted molar refractivity (Wildman–Crippen MR) is 127 cm³/mol. The maximum Gasteiger partial charge on any atom is 0.234 e. The number of thioether (sulfide) groups is 1. The van der Waals surface area contributed by atoms with Gasteiger partial charge in [0, 0.05) is 37.0 Å². The number of aromatic nitrogens is 3. The van der Waals surface area contributed by atoms with E-state index in [1.807, 2.05) is 16.7 Å². The summed E-state index contributed by atoms with van der Waals surface area (Å²) in [5.74, 6) is 3.60. The molecule has 1 amide bonds. The van der Waals surface area contributed by atoms with Crippen molar-refractivity contribution in [3.63, 3.8) is 0 Å². The van der Waals surface area contributed by atoms with Crippen LogP contribution in [0.2, 0.25) is 0 Å². The lowest BCUT2D eigenvalue weighted by Gasteiger charge is -2.31. The summed E-state index contributed by atoms with van der Waals surface area (Å²) in [6, 6.07) is 9.05. The van der Waals surface area contributed by atoms with Crippen molar-refractivity contribution < 1.29 is 18.7 Å². The van der Waals surface area contributed by atoms with Crippen LogP contribution in [0.3, 0.4) is 0 Å². The summed E-state index contributed by atoms with van der Waals surface area (Å²) in [5.41, 5.74) is 0.608. The number of ether oxygens (including phenoxy) is 2. The fourth-order valence-corrected chi connectivity index (χ4v) is 4.47. The van der Waals surface area contributed by atoms with Gasteiger partial charge in [0.1, 0.15) is 17.3 Å². The van der Waals surface area contributed by atoms with E-state index >= 15 is 0 Å². The lowest BCUT2D eigenvalue weighted by Crippen LogP contribution is -2.35. The molecule has 0 atom stereocenters. The lowest BCUT2D eigenvalue weighted by atomic mass is 10.00. The molecule has 0 bridgehead atoms. The van der Waals surface area contributed by atoms with E-state index in [2.05, 4.69) is 27.3 Å². The van der Waals surface area contributed by atoms with Crippen molar-refractivity contribution in [3.8, 4) is 11.5 Å². The Hall–Kier alpha value is -3.14. The second-order valence-electron chi connectivity index (χ2n) is 8.06. The highest BCUT2D eigenvalue weighted by atomic mass is 32.2. The average Bonchev–Trinajstić information content (AvgIpc) is 3.48. The smallest absolute Gasteiger partial charge is 0.234 e. The maximum atomic E-state index is 12.7. The standard InChI is InChI=1S/C23H29N5O4S/c1-16-6-8-27(9-7-16)22-25-26-23(28(22)14-18-5-4-10-32-18)33-15-21(29)24-17-11-19(30-2)13-20(12-17)31-3/h4-5,10-13,16H,6-9,14-15H2,1-3H3,(H,24,29). The molecule has 3 aromatic rings. The van der Waals surface area contributed by atoms with E-state index in [0.29, 0.717) is 28.9 Å². The molecule has 1 fully saturated rings. The number of methoxy groups -OCH3 is 2. The molecule has 10 heteroatoms. The molecule has 9 nitrogen and oxygen atoms in total. The third-order valence-corrected chi connectivity index (χ3v) is 6.59. The molecule has 4 rings (SSSR count). The number of carbonyl (C=O) groups is 1. The Morgan fingerprint density at radius 2 is 1.91 bits per heavy atom. The topological polar surface area (TPSA) is 94.7 Å². The van der Waals surface area contributed by atoms with Crippen LogP contribution >= 0.6 is 11.8 Å². The second-order valence-corrected chi connectivity index (χ2v) is 9.00. The van der Waals surface area contributed by atoms with Crippen molar-refractivity contribution in [1.82, 2.24) is 14.8 Å². The van der Waals surface area contributed by atoms with Crippen LogP contribution < -0.4 is 19.7 Å². The molecular formula is C23H29N5O4S. The summed E-state index contributed by atoms with van der Waals surface area (Å²) in [6.07, 6.45) is 3.91. The van der Waals surface area contributed by atoms with Crippen molar-refractivity contribution in [3.05, 3.63) is 42.4 Å². The highest BCUT2D eigenvalue weighted by Crippen LogP contribution is 2.28. The average molecular weight is 472 g/mol. The minimum absolute atomic E-state index is 0.156. The van der Waals surface area contributed by atoms with Gasteiger partial charge in [-0.05, 0) is 30.9 Å². The van der Waals surface area contributed by atoms with Crippen LogP contribution in [0.15, 0.2) is 46.2 Å². The zero-order valence-electron chi connectivity index (χ0n) is 19.1. The first kappa shape index (κ1) is 23.0. The zero-order valence-corrected chi connectivity index (χ0v) is 19.9. The Morgan fingerprint density at radius 3 is 2.55 bits per heavy atom. The fraction of sp³-hybridized carbons (Fsp3) is 0.435. The molecule has 1 N–H and O–H groups in total. The Morgan fingerprint density at radius 1 is 1.18 bits per heavy atom. The van der Waals surface area contributed by atoms with E-state index in [9.17, 15) is 4.79 Å². The molecule has 0 radical (unpaired) electrons. The van der Waals surface area contributed by atoms with Gasteiger partial charge in [-0.2, -0.15) is 0 Å². The predicted octanol–water partition coefficient (Wildman–Crippen LogP) is 3.90. The van der Waals surface area contributed by atoms with Crippen LogP contribution in [0.5, 0.6) is 11.5 Å². The third kappa shape index (κ3) is 5.81. The summed E-state index contributed by atoms with van der Waals surface area (Å²) in [6.45, 7) is 4.68. The molecule has 1 aliphatic heterocycles. The molecule has 176 valence electrons. The number of rotatable bonds is 9. The highest BCUT2D eigenvalue weighted by Gasteiger charge is 2.23. The van der Waals surface area contributed by atoms with Gasteiger partial charge in [-0.1, -0.05) is 18.7 Å². The zero-order chi connectivity index (χ0) is 23.2. The van der Waals surface area contributed by atoms with E-state index in [1.54, 1.807) is 38.7 Å². The first-order valence-electron chi connectivity index (χ1n) is 10.9. The summed E-state index contributed by atoms with van der Waals surface area (Å²) in [4.78, 5) is 14.9. The largest absolute Gasteiger partial charge is 0.497 e. The maximum absolute atomic E-state index is 12.7. The summed E-state index contributed by atoms with van der Waals surface area (Å²) < 4.78 is 18.1. The summed E-state index contributed by atoms with van der Waals surface area (Å²) >= 11 is 1.35. The first-order chi connectivity index (χ1) is 16.1. The van der Waals surface area contributed by atoms with E-state index in [0.717, 1.165) is 43.6 Å². The molecule has 1 aliphatic rings. The summed E-state index contributed by atoms with van der Waals surface area (Å²) in [7, 11) is 3.14. The number of nitrogens with one attached hydrogen (secondary N) is 1. The Bertz CT molecular complexity index is 1040. The second kappa shape index (κ2) is 10.7. The molecule has 1 aromatic carbocycles. The number of carbonyl (C=O) groups excluding carboxylic acids is 1. The van der Waals surface area contributed by atoms with Crippen LogP contribution in [0, 0.1) is 5.92 Å². The van der Waals surface area contributed by atoms with Crippen molar-refractivity contribution in [1.29, 1.82) is 0 Å². The van der Waals surface area contributed by atoms with E-state index in [4.69, 9.17) is 13.9 Å². The van der Waals surface area contributed by atoms with Gasteiger partial charge in [0.25, 0.3) is 0 Å². The molecule has 2 aromatic heterocycles. The molecule has 0 saturated carbocycles. The molecule has 0 spiro atoms. The number of furan rings is 1. The minimum Gasteiger partial charge on any atom is -0.497 e. The van der Waals surface area contributed by atoms with Gasteiger partial charge in [0.05, 0.1) is 32.8 Å². The molecule has 1 saturated heterocycles. The Labute approximate surface area is 197 Å². The van der Waals surface area contributed by atoms with Gasteiger partial charge in [-0.3, -0.25) is 9.36 Å². The van der Waals surface area contributed by atoms with Gasteiger partial charge in [0.2, 0.25) is 11.9 Å². The Balaban J connectivity index is 1.46. The summed E-state index contributed by atoms with van der Waals surface area (Å²) in [5, 5.41) is 12.4. The van der Waals surface area contributed by atoms with Crippen molar-refractivity contribution in [2.75, 3.05) is 43.3 Å². The Kier molecular flexibility index (Phi) is 7.43. The molecular weight excluding hydrogens is 442 g/mol. The van der Waals surface area contributed by atoms with E-state index in [-0.39, 0.29) is 11.7 Å². The van der Waals surface area contributed by atoms with Crippen molar-refractivity contribution >= 4 is 29.3 Å². The molecule has 0 aliphatic carbocycles. The van der Waals surface area contributed by atoms with Gasteiger partial charge >= 0.3 is 0 Å². The normalized spacial score (nSPS) is 14.3. The third-order valence-electron chi connectivity index (χ3n) is 5.63. The highest BCUT2D eigenvalue weighted by molar-refractivity contribution is 7.99. The van der Waals surface area contributed by atoms with Crippen LogP contribution in [-0.4, -0.2) is 53.7 Å². The lowest BCUT2D eigenvalue weighted by molar-refractivity contribution is -0.113. The van der Waals surface area contributed by atoms with Gasteiger partial charge in [0.15, 0.2) is 5.16 Å². The number of hydrogen-bond donors (Lipinski definition) is 1. The van der Waals surface area contributed by atoms with Crippen molar-refractivity contribution in [2.45, 2.75) is 31.5 Å². The monoisotopic (exact) mass is 471 g/mol. The number of hydrogen-bond acceptors (Lipinski definition) is 8. The number of amides is 1. The molecule has 0 unspecified atom stereocenters. The van der Waals surface area contributed by atoms with E-state index < -0.39 is 0 Å². The molecule has 3 heterocycles. The quantitative estimate of drug-likeness (QED) is 0.470. The van der Waals surface area contributed by atoms with Crippen LogP contribution in [0.4, 0.5) is 11.6 Å². The van der Waals surface area contributed by atoms with Crippen LogP contribution in [0.1, 0.15) is 25.5 Å². The van der Waals surface area contributed by atoms with Gasteiger partial charge in [-0.25, -0.2) is 0 Å². The van der Waals surface area contributed by atoms with Crippen LogP contribution in [-0.2, 0) is 11.3 Å². The number of piperidine rings is 1. The first-order valence-corrected chi connectivity index (χ1v) is 11.9. The number of anilines is 2. The van der Waals surface area contributed by atoms with E-state index in [1.165, 1.54) is 11.8 Å². The van der Waals surface area contributed by atoms with Gasteiger partial charge < -0.3 is 24.1 Å². The minimum atomic E-state index is -0.156. The molecule has 33 heavy (non-hydrogen) atoms. The SMILES string of the molecule is COc1cc(NC(=O)CSc2nnc(N3CCC(C)CC3)n2Cc2ccco2)cc(OC)c1. The van der Waals surface area contributed by atoms with Gasteiger partial charge in [-0.15, -0.1) is 10.2 Å². The number of nitrogens with zero attached hydrogens (tertiary/aromatic N) is 4. The van der Waals surface area contributed by atoms with Crippen LogP contribution in [0.25, 0.3) is 0 Å². The fourth-order valence-electron chi connectivity index (χ4n) is 3.73.